The Hall–Kier alpha value is -3.84. The summed E-state index contributed by atoms with van der Waals surface area (Å²) in [6.07, 6.45) is 0. The van der Waals surface area contributed by atoms with Crippen LogP contribution in [0.25, 0.3) is 0 Å². The summed E-state index contributed by atoms with van der Waals surface area (Å²) in [5.41, 5.74) is 7.33. The second-order valence-electron chi connectivity index (χ2n) is 6.36. The first-order valence-corrected chi connectivity index (χ1v) is 9.99. The molecule has 1 heterocycles. The summed E-state index contributed by atoms with van der Waals surface area (Å²) in [7, 11) is 1.58. The third-order valence-electron chi connectivity index (χ3n) is 4.30. The van der Waals surface area contributed by atoms with Crippen molar-refractivity contribution in [2.45, 2.75) is 0 Å². The molecule has 6 nitrogen and oxygen atoms in total. The Kier molecular flexibility index (Phi) is 5.63. The Bertz CT molecular complexity index is 1140. The fraction of sp³-hybridized carbons (Fsp3) is 0.0435. The van der Waals surface area contributed by atoms with Gasteiger partial charge in [-0.15, -0.1) is 0 Å². The molecule has 0 atom stereocenters. The minimum atomic E-state index is -0.174. The number of anilines is 3. The van der Waals surface area contributed by atoms with Gasteiger partial charge in [-0.3, -0.25) is 4.79 Å². The number of thiazole rings is 1. The molecule has 150 valence electrons. The highest BCUT2D eigenvalue weighted by Crippen LogP contribution is 2.31. The summed E-state index contributed by atoms with van der Waals surface area (Å²) in [6, 6.07) is 23.9. The van der Waals surface area contributed by atoms with Crippen LogP contribution in [-0.2, 0) is 0 Å². The van der Waals surface area contributed by atoms with Gasteiger partial charge < -0.3 is 20.5 Å². The van der Waals surface area contributed by atoms with Crippen LogP contribution in [0.15, 0.2) is 78.9 Å². The number of carbonyl (C=O) groups is 1. The fourth-order valence-corrected chi connectivity index (χ4v) is 3.64. The van der Waals surface area contributed by atoms with Crippen molar-refractivity contribution >= 4 is 33.8 Å². The molecule has 30 heavy (non-hydrogen) atoms. The van der Waals surface area contributed by atoms with Crippen molar-refractivity contribution in [2.24, 2.45) is 0 Å². The number of hydrogen-bond donors (Lipinski definition) is 2. The summed E-state index contributed by atoms with van der Waals surface area (Å²) in [5.74, 6) is 2.21. The van der Waals surface area contributed by atoms with E-state index in [1.165, 1.54) is 11.3 Å². The Labute approximate surface area is 177 Å². The number of carbonyl (C=O) groups excluding carboxylic acids is 1. The SMILES string of the molecule is COc1ccc(C(=O)c2sc(Nc3ccc(Oc4ccccc4)cc3)nc2N)cc1. The van der Waals surface area contributed by atoms with Crippen LogP contribution in [-0.4, -0.2) is 17.9 Å². The van der Waals surface area contributed by atoms with Crippen molar-refractivity contribution in [1.82, 2.24) is 4.98 Å². The minimum absolute atomic E-state index is 0.174. The van der Waals surface area contributed by atoms with E-state index in [1.807, 2.05) is 54.6 Å². The molecule has 0 spiro atoms. The monoisotopic (exact) mass is 417 g/mol. The van der Waals surface area contributed by atoms with E-state index in [-0.39, 0.29) is 11.6 Å². The van der Waals surface area contributed by atoms with Gasteiger partial charge in [0.25, 0.3) is 0 Å². The van der Waals surface area contributed by atoms with Crippen molar-refractivity contribution in [3.8, 4) is 17.2 Å². The average molecular weight is 417 g/mol. The van der Waals surface area contributed by atoms with Gasteiger partial charge in [-0.2, -0.15) is 0 Å². The topological polar surface area (TPSA) is 86.5 Å². The van der Waals surface area contributed by atoms with Crippen molar-refractivity contribution in [2.75, 3.05) is 18.2 Å². The van der Waals surface area contributed by atoms with E-state index in [1.54, 1.807) is 31.4 Å². The zero-order valence-corrected chi connectivity index (χ0v) is 17.0. The van der Waals surface area contributed by atoms with Gasteiger partial charge in [-0.05, 0) is 60.7 Å². The van der Waals surface area contributed by atoms with E-state index >= 15 is 0 Å². The highest BCUT2D eigenvalue weighted by Gasteiger charge is 2.18. The molecule has 4 aromatic rings. The van der Waals surface area contributed by atoms with Crippen LogP contribution in [0.5, 0.6) is 17.2 Å². The number of nitrogens with two attached hydrogens (primary N) is 1. The summed E-state index contributed by atoms with van der Waals surface area (Å²) in [6.45, 7) is 0. The molecule has 3 aromatic carbocycles. The zero-order chi connectivity index (χ0) is 20.9. The van der Waals surface area contributed by atoms with E-state index in [0.717, 1.165) is 17.2 Å². The number of rotatable bonds is 7. The van der Waals surface area contributed by atoms with Crippen molar-refractivity contribution < 1.29 is 14.3 Å². The van der Waals surface area contributed by atoms with Gasteiger partial charge >= 0.3 is 0 Å². The molecule has 0 amide bonds. The lowest BCUT2D eigenvalue weighted by Crippen LogP contribution is -2.02. The number of methoxy groups -OCH3 is 1. The number of nitrogens with one attached hydrogen (secondary N) is 1. The number of nitrogens with zero attached hydrogens (tertiary/aromatic N) is 1. The molecule has 0 radical (unpaired) electrons. The Balaban J connectivity index is 1.46. The van der Waals surface area contributed by atoms with Crippen LogP contribution in [0, 0.1) is 0 Å². The summed E-state index contributed by atoms with van der Waals surface area (Å²) in [5, 5.41) is 3.72. The molecule has 3 N–H and O–H groups in total. The number of para-hydroxylation sites is 1. The van der Waals surface area contributed by atoms with Crippen molar-refractivity contribution in [3.63, 3.8) is 0 Å². The lowest BCUT2D eigenvalue weighted by molar-refractivity contribution is 0.104. The number of benzene rings is 3. The van der Waals surface area contributed by atoms with Gasteiger partial charge in [0.2, 0.25) is 5.78 Å². The number of nitrogen functional groups attached to an aromatic ring is 1. The highest BCUT2D eigenvalue weighted by atomic mass is 32.1. The molecule has 0 unspecified atom stereocenters. The second kappa shape index (κ2) is 8.67. The van der Waals surface area contributed by atoms with Gasteiger partial charge in [0.15, 0.2) is 5.13 Å². The number of hydrogen-bond acceptors (Lipinski definition) is 7. The first-order chi connectivity index (χ1) is 14.6. The first-order valence-electron chi connectivity index (χ1n) is 9.17. The van der Waals surface area contributed by atoms with Crippen LogP contribution in [0.1, 0.15) is 15.2 Å². The van der Waals surface area contributed by atoms with Gasteiger partial charge in [-0.25, -0.2) is 4.98 Å². The molecule has 0 saturated heterocycles. The van der Waals surface area contributed by atoms with Crippen LogP contribution in [0.3, 0.4) is 0 Å². The normalized spacial score (nSPS) is 10.4. The van der Waals surface area contributed by atoms with Crippen LogP contribution in [0.4, 0.5) is 16.6 Å². The standard InChI is InChI=1S/C23H19N3O3S/c1-28-17-11-7-15(8-12-17)20(27)21-22(24)26-23(30-21)25-16-9-13-19(14-10-16)29-18-5-3-2-4-6-18/h2-14H,24H2,1H3,(H,25,26). The molecular formula is C23H19N3O3S. The van der Waals surface area contributed by atoms with Gasteiger partial charge in [0, 0.05) is 11.3 Å². The Morgan fingerprint density at radius 2 is 1.53 bits per heavy atom. The van der Waals surface area contributed by atoms with Crippen molar-refractivity contribution in [1.29, 1.82) is 0 Å². The van der Waals surface area contributed by atoms with E-state index < -0.39 is 0 Å². The first kappa shape index (κ1) is 19.5. The number of aromatic nitrogens is 1. The van der Waals surface area contributed by atoms with Crippen molar-refractivity contribution in [3.05, 3.63) is 89.3 Å². The Morgan fingerprint density at radius 1 is 0.900 bits per heavy atom. The van der Waals surface area contributed by atoms with Crippen LogP contribution >= 0.6 is 11.3 Å². The molecule has 7 heteroatoms. The maximum Gasteiger partial charge on any atom is 0.206 e. The van der Waals surface area contributed by atoms with Crippen LogP contribution in [0.2, 0.25) is 0 Å². The highest BCUT2D eigenvalue weighted by molar-refractivity contribution is 7.18. The predicted molar refractivity (Wildman–Crippen MR) is 119 cm³/mol. The van der Waals surface area contributed by atoms with Gasteiger partial charge in [0.1, 0.15) is 27.9 Å². The average Bonchev–Trinajstić information content (AvgIpc) is 3.15. The van der Waals surface area contributed by atoms with Crippen LogP contribution < -0.4 is 20.5 Å². The molecule has 0 fully saturated rings. The molecule has 0 aliphatic heterocycles. The predicted octanol–water partition coefficient (Wildman–Crippen LogP) is 5.50. The lowest BCUT2D eigenvalue weighted by Gasteiger charge is -2.07. The smallest absolute Gasteiger partial charge is 0.206 e. The van der Waals surface area contributed by atoms with E-state index in [9.17, 15) is 4.79 Å². The molecule has 0 saturated carbocycles. The third-order valence-corrected chi connectivity index (χ3v) is 5.28. The molecule has 0 bridgehead atoms. The van der Waals surface area contributed by atoms with E-state index in [4.69, 9.17) is 15.2 Å². The summed E-state index contributed by atoms with van der Waals surface area (Å²) >= 11 is 1.21. The van der Waals surface area contributed by atoms with Gasteiger partial charge in [0.05, 0.1) is 7.11 Å². The molecular weight excluding hydrogens is 398 g/mol. The number of ketones is 1. The lowest BCUT2D eigenvalue weighted by atomic mass is 10.1. The zero-order valence-electron chi connectivity index (χ0n) is 16.2. The molecule has 0 aliphatic carbocycles. The summed E-state index contributed by atoms with van der Waals surface area (Å²) in [4.78, 5) is 17.4. The largest absolute Gasteiger partial charge is 0.497 e. The molecule has 0 aliphatic rings. The maximum absolute atomic E-state index is 12.8. The van der Waals surface area contributed by atoms with E-state index in [0.29, 0.717) is 21.3 Å². The third kappa shape index (κ3) is 4.42. The second-order valence-corrected chi connectivity index (χ2v) is 7.35. The fourth-order valence-electron chi connectivity index (χ4n) is 2.78. The summed E-state index contributed by atoms with van der Waals surface area (Å²) < 4.78 is 10.9. The molecule has 1 aromatic heterocycles. The maximum atomic E-state index is 12.8. The Morgan fingerprint density at radius 3 is 2.20 bits per heavy atom. The molecule has 4 rings (SSSR count). The van der Waals surface area contributed by atoms with Gasteiger partial charge in [-0.1, -0.05) is 29.5 Å². The minimum Gasteiger partial charge on any atom is -0.497 e. The number of ether oxygens (including phenoxy) is 2. The van der Waals surface area contributed by atoms with E-state index in [2.05, 4.69) is 10.3 Å². The quantitative estimate of drug-likeness (QED) is 0.386.